The lowest BCUT2D eigenvalue weighted by Gasteiger charge is -2.50. The van der Waals surface area contributed by atoms with Gasteiger partial charge in [-0.15, -0.1) is 12.4 Å². The van der Waals surface area contributed by atoms with Crippen molar-refractivity contribution < 1.29 is 0 Å². The summed E-state index contributed by atoms with van der Waals surface area (Å²) in [6.45, 7) is 0.944. The molecule has 0 amide bonds. The minimum Gasteiger partial charge on any atom is -0.330 e. The smallest absolute Gasteiger partial charge is 0.00485 e. The quantitative estimate of drug-likeness (QED) is 0.694. The molecule has 2 unspecified atom stereocenters. The fourth-order valence-corrected chi connectivity index (χ4v) is 4.31. The lowest BCUT2D eigenvalue weighted by atomic mass is 9.55. The third-order valence-corrected chi connectivity index (χ3v) is 4.83. The van der Waals surface area contributed by atoms with E-state index < -0.39 is 0 Å². The van der Waals surface area contributed by atoms with Crippen LogP contribution in [0.3, 0.4) is 0 Å². The molecule has 2 bridgehead atoms. The second kappa shape index (κ2) is 3.13. The van der Waals surface area contributed by atoms with E-state index >= 15 is 0 Å². The van der Waals surface area contributed by atoms with Gasteiger partial charge in [0.15, 0.2) is 0 Å². The van der Waals surface area contributed by atoms with Crippen LogP contribution < -0.4 is 5.73 Å². The van der Waals surface area contributed by atoms with Crippen molar-refractivity contribution in [2.45, 2.75) is 38.5 Å². The highest BCUT2D eigenvalue weighted by molar-refractivity contribution is 5.85. The van der Waals surface area contributed by atoms with Crippen LogP contribution in [0.5, 0.6) is 0 Å². The molecule has 0 aromatic heterocycles. The second-order valence-electron chi connectivity index (χ2n) is 5.45. The van der Waals surface area contributed by atoms with Crippen LogP contribution in [0.2, 0.25) is 0 Å². The van der Waals surface area contributed by atoms with Crippen LogP contribution in [0.4, 0.5) is 0 Å². The SMILES string of the molecule is Cl.NCC1CC2(CC3CCC2C3)C1. The standard InChI is InChI=1S/C11H19N.ClH/c12-7-9-5-11(6-9)4-8-1-2-10(11)3-8;/h8-10H,1-7,12H2;1H. The van der Waals surface area contributed by atoms with Crippen LogP contribution in [-0.2, 0) is 0 Å². The molecule has 2 N–H and O–H groups in total. The van der Waals surface area contributed by atoms with Crippen molar-refractivity contribution >= 4 is 12.4 Å². The van der Waals surface area contributed by atoms with E-state index in [1.807, 2.05) is 0 Å². The maximum Gasteiger partial charge on any atom is -0.00485 e. The molecule has 76 valence electrons. The second-order valence-corrected chi connectivity index (χ2v) is 5.45. The number of rotatable bonds is 1. The molecule has 0 saturated heterocycles. The Morgan fingerprint density at radius 1 is 1.15 bits per heavy atom. The zero-order valence-corrected chi connectivity index (χ0v) is 8.98. The van der Waals surface area contributed by atoms with Crippen LogP contribution in [0.25, 0.3) is 0 Å². The number of hydrogen-bond donors (Lipinski definition) is 1. The van der Waals surface area contributed by atoms with Gasteiger partial charge in [0.25, 0.3) is 0 Å². The Morgan fingerprint density at radius 3 is 2.38 bits per heavy atom. The molecule has 3 saturated carbocycles. The van der Waals surface area contributed by atoms with Crippen molar-refractivity contribution in [2.75, 3.05) is 6.54 Å². The first-order chi connectivity index (χ1) is 5.82. The Labute approximate surface area is 86.9 Å². The molecule has 1 nitrogen and oxygen atoms in total. The predicted molar refractivity (Wildman–Crippen MR) is 56.9 cm³/mol. The molecule has 0 heterocycles. The highest BCUT2D eigenvalue weighted by Crippen LogP contribution is 2.66. The van der Waals surface area contributed by atoms with Gasteiger partial charge >= 0.3 is 0 Å². The zero-order chi connectivity index (χ0) is 8.18. The minimum atomic E-state index is 0. The van der Waals surface area contributed by atoms with Gasteiger partial charge in [0.2, 0.25) is 0 Å². The van der Waals surface area contributed by atoms with Gasteiger partial charge in [-0.3, -0.25) is 0 Å². The van der Waals surface area contributed by atoms with Crippen LogP contribution in [0.1, 0.15) is 38.5 Å². The van der Waals surface area contributed by atoms with E-state index in [2.05, 4.69) is 0 Å². The summed E-state index contributed by atoms with van der Waals surface area (Å²) in [7, 11) is 0. The summed E-state index contributed by atoms with van der Waals surface area (Å²) in [5.41, 5.74) is 6.51. The van der Waals surface area contributed by atoms with Crippen molar-refractivity contribution in [3.05, 3.63) is 0 Å². The summed E-state index contributed by atoms with van der Waals surface area (Å²) >= 11 is 0. The van der Waals surface area contributed by atoms with Gasteiger partial charge < -0.3 is 5.73 Å². The van der Waals surface area contributed by atoms with E-state index in [4.69, 9.17) is 5.73 Å². The Morgan fingerprint density at radius 2 is 1.92 bits per heavy atom. The van der Waals surface area contributed by atoms with Crippen LogP contribution in [-0.4, -0.2) is 6.54 Å². The van der Waals surface area contributed by atoms with Crippen LogP contribution in [0, 0.1) is 23.2 Å². The molecule has 0 aliphatic heterocycles. The summed E-state index contributed by atoms with van der Waals surface area (Å²) < 4.78 is 0. The van der Waals surface area contributed by atoms with Gasteiger partial charge in [-0.2, -0.15) is 0 Å². The molecular formula is C11H20ClN. The van der Waals surface area contributed by atoms with E-state index in [1.165, 1.54) is 12.8 Å². The van der Waals surface area contributed by atoms with Crippen LogP contribution >= 0.6 is 12.4 Å². The average Bonchev–Trinajstić information content (AvgIpc) is 2.57. The van der Waals surface area contributed by atoms with E-state index in [9.17, 15) is 0 Å². The molecule has 0 aromatic rings. The average molecular weight is 202 g/mol. The molecule has 0 radical (unpaired) electrons. The molecule has 2 atom stereocenters. The first-order valence-corrected chi connectivity index (χ1v) is 5.52. The van der Waals surface area contributed by atoms with Crippen molar-refractivity contribution in [1.82, 2.24) is 0 Å². The monoisotopic (exact) mass is 201 g/mol. The Bertz CT molecular complexity index is 198. The molecular weight excluding hydrogens is 182 g/mol. The Hall–Kier alpha value is 0.250. The van der Waals surface area contributed by atoms with Gasteiger partial charge in [-0.25, -0.2) is 0 Å². The molecule has 3 aliphatic carbocycles. The minimum absolute atomic E-state index is 0. The number of hydrogen-bond acceptors (Lipinski definition) is 1. The molecule has 2 heteroatoms. The van der Waals surface area contributed by atoms with Gasteiger partial charge in [0.1, 0.15) is 0 Å². The number of halogens is 1. The highest BCUT2D eigenvalue weighted by Gasteiger charge is 2.56. The molecule has 1 spiro atoms. The summed E-state index contributed by atoms with van der Waals surface area (Å²) in [5.74, 6) is 3.13. The maximum atomic E-state index is 5.68. The molecule has 0 aromatic carbocycles. The van der Waals surface area contributed by atoms with Crippen molar-refractivity contribution in [3.8, 4) is 0 Å². The van der Waals surface area contributed by atoms with Gasteiger partial charge in [-0.05, 0) is 61.8 Å². The predicted octanol–water partition coefficient (Wildman–Crippen LogP) is 2.58. The largest absolute Gasteiger partial charge is 0.330 e. The zero-order valence-electron chi connectivity index (χ0n) is 8.17. The number of nitrogens with two attached hydrogens (primary N) is 1. The van der Waals surface area contributed by atoms with E-state index in [-0.39, 0.29) is 12.4 Å². The fourth-order valence-electron chi connectivity index (χ4n) is 4.31. The topological polar surface area (TPSA) is 26.0 Å². The van der Waals surface area contributed by atoms with Crippen molar-refractivity contribution in [2.24, 2.45) is 28.9 Å². The van der Waals surface area contributed by atoms with E-state index in [0.717, 1.165) is 29.7 Å². The normalized spacial score (nSPS) is 51.9. The Balaban J connectivity index is 0.000000653. The summed E-state index contributed by atoms with van der Waals surface area (Å²) in [5, 5.41) is 0. The maximum absolute atomic E-state index is 5.68. The molecule has 3 aliphatic rings. The van der Waals surface area contributed by atoms with Gasteiger partial charge in [0.05, 0.1) is 0 Å². The van der Waals surface area contributed by atoms with E-state index in [1.54, 1.807) is 25.7 Å². The lowest BCUT2D eigenvalue weighted by molar-refractivity contribution is 0.00122. The highest BCUT2D eigenvalue weighted by atomic mass is 35.5. The van der Waals surface area contributed by atoms with Crippen molar-refractivity contribution in [1.29, 1.82) is 0 Å². The van der Waals surface area contributed by atoms with E-state index in [0.29, 0.717) is 0 Å². The van der Waals surface area contributed by atoms with Crippen molar-refractivity contribution in [3.63, 3.8) is 0 Å². The van der Waals surface area contributed by atoms with Gasteiger partial charge in [-0.1, -0.05) is 6.42 Å². The number of fused-ring (bicyclic) bond motifs is 3. The molecule has 3 fully saturated rings. The molecule has 13 heavy (non-hydrogen) atoms. The Kier molecular flexibility index (Phi) is 2.36. The molecule has 3 rings (SSSR count). The third kappa shape index (κ3) is 1.24. The first-order valence-electron chi connectivity index (χ1n) is 5.52. The lowest BCUT2D eigenvalue weighted by Crippen LogP contribution is -2.44. The summed E-state index contributed by atoms with van der Waals surface area (Å²) in [6, 6.07) is 0. The third-order valence-electron chi connectivity index (χ3n) is 4.83. The van der Waals surface area contributed by atoms with Gasteiger partial charge in [0, 0.05) is 0 Å². The summed E-state index contributed by atoms with van der Waals surface area (Å²) in [6.07, 6.45) is 9.17. The van der Waals surface area contributed by atoms with Crippen LogP contribution in [0.15, 0.2) is 0 Å². The fraction of sp³-hybridized carbons (Fsp3) is 1.00. The first kappa shape index (κ1) is 9.79. The summed E-state index contributed by atoms with van der Waals surface area (Å²) in [4.78, 5) is 0.